The molecule has 0 bridgehead atoms. The van der Waals surface area contributed by atoms with Gasteiger partial charge in [-0.05, 0) is 37.8 Å². The third-order valence-electron chi connectivity index (χ3n) is 4.39. The minimum absolute atomic E-state index is 1.12. The van der Waals surface area contributed by atoms with Crippen molar-refractivity contribution in [2.24, 2.45) is 0 Å². The van der Waals surface area contributed by atoms with Gasteiger partial charge in [0.2, 0.25) is 0 Å². The van der Waals surface area contributed by atoms with Crippen molar-refractivity contribution in [2.75, 3.05) is 20.1 Å². The molecule has 0 N–H and O–H groups in total. The third kappa shape index (κ3) is 6.09. The van der Waals surface area contributed by atoms with Crippen LogP contribution in [-0.4, -0.2) is 20.1 Å². The zero-order valence-corrected chi connectivity index (χ0v) is 13.9. The summed E-state index contributed by atoms with van der Waals surface area (Å²) in [5.41, 5.74) is 1.49. The molecular formula is C19H34N+. The van der Waals surface area contributed by atoms with Crippen molar-refractivity contribution in [3.05, 3.63) is 30.3 Å². The molecule has 0 spiro atoms. The fraction of sp³-hybridized carbons (Fsp3) is 0.684. The Bertz CT molecular complexity index is 319. The lowest BCUT2D eigenvalue weighted by Crippen LogP contribution is -2.46. The van der Waals surface area contributed by atoms with Crippen molar-refractivity contribution < 1.29 is 0 Å². The summed E-state index contributed by atoms with van der Waals surface area (Å²) in [4.78, 5) is 0. The summed E-state index contributed by atoms with van der Waals surface area (Å²) in [6, 6.07) is 11.1. The molecule has 0 saturated carbocycles. The molecule has 1 rings (SSSR count). The predicted molar refractivity (Wildman–Crippen MR) is 92.2 cm³/mol. The topological polar surface area (TPSA) is 0 Å². The Balaban J connectivity index is 2.57. The molecule has 0 aliphatic rings. The maximum atomic E-state index is 2.42. The number of para-hydroxylation sites is 1. The molecule has 0 aromatic heterocycles. The van der Waals surface area contributed by atoms with Gasteiger partial charge in [0.05, 0.1) is 20.1 Å². The number of quaternary nitrogens is 1. The Morgan fingerprint density at radius 2 is 1.20 bits per heavy atom. The van der Waals surface area contributed by atoms with Crippen LogP contribution in [0.4, 0.5) is 5.69 Å². The van der Waals surface area contributed by atoms with Crippen LogP contribution < -0.4 is 4.48 Å². The van der Waals surface area contributed by atoms with E-state index in [-0.39, 0.29) is 0 Å². The Morgan fingerprint density at radius 3 is 1.65 bits per heavy atom. The molecule has 1 aromatic rings. The predicted octanol–water partition coefficient (Wildman–Crippen LogP) is 5.78. The van der Waals surface area contributed by atoms with Gasteiger partial charge in [-0.2, -0.15) is 0 Å². The molecule has 1 heteroatoms. The molecule has 0 radical (unpaired) electrons. The van der Waals surface area contributed by atoms with Crippen LogP contribution in [-0.2, 0) is 0 Å². The van der Waals surface area contributed by atoms with E-state index in [9.17, 15) is 0 Å². The summed E-state index contributed by atoms with van der Waals surface area (Å²) >= 11 is 0. The lowest BCUT2D eigenvalue weighted by atomic mass is 10.1. The normalized spacial score (nSPS) is 11.8. The smallest absolute Gasteiger partial charge is 0.132 e. The Morgan fingerprint density at radius 1 is 0.700 bits per heavy atom. The SMILES string of the molecule is CCCCCC[N+](C)(CCCCCC)c1ccccc1. The summed E-state index contributed by atoms with van der Waals surface area (Å²) < 4.78 is 1.12. The van der Waals surface area contributed by atoms with E-state index in [1.165, 1.54) is 70.1 Å². The third-order valence-corrected chi connectivity index (χ3v) is 4.39. The zero-order valence-electron chi connectivity index (χ0n) is 13.9. The molecule has 20 heavy (non-hydrogen) atoms. The molecule has 0 unspecified atom stereocenters. The number of hydrogen-bond donors (Lipinski definition) is 0. The quantitative estimate of drug-likeness (QED) is 0.355. The first kappa shape index (κ1) is 17.2. The number of hydrogen-bond acceptors (Lipinski definition) is 0. The fourth-order valence-corrected chi connectivity index (χ4v) is 2.93. The monoisotopic (exact) mass is 276 g/mol. The van der Waals surface area contributed by atoms with E-state index in [0.717, 1.165) is 4.48 Å². The molecule has 0 aliphatic carbocycles. The second kappa shape index (κ2) is 9.99. The highest BCUT2D eigenvalue weighted by Gasteiger charge is 2.23. The molecule has 0 atom stereocenters. The maximum Gasteiger partial charge on any atom is 0.132 e. The van der Waals surface area contributed by atoms with Gasteiger partial charge in [-0.15, -0.1) is 0 Å². The van der Waals surface area contributed by atoms with Crippen LogP contribution in [0.1, 0.15) is 65.2 Å². The van der Waals surface area contributed by atoms with Crippen molar-refractivity contribution in [2.45, 2.75) is 65.2 Å². The minimum atomic E-state index is 1.12. The van der Waals surface area contributed by atoms with Gasteiger partial charge in [-0.3, -0.25) is 4.48 Å². The van der Waals surface area contributed by atoms with Gasteiger partial charge in [-0.25, -0.2) is 0 Å². The molecule has 0 heterocycles. The van der Waals surface area contributed by atoms with Gasteiger partial charge in [0.1, 0.15) is 5.69 Å². The van der Waals surface area contributed by atoms with Gasteiger partial charge in [-0.1, -0.05) is 57.7 Å². The Kier molecular flexibility index (Phi) is 8.60. The van der Waals surface area contributed by atoms with Crippen LogP contribution in [0, 0.1) is 0 Å². The molecule has 0 aliphatic heterocycles. The van der Waals surface area contributed by atoms with Gasteiger partial charge < -0.3 is 0 Å². The van der Waals surface area contributed by atoms with Crippen LogP contribution in [0.5, 0.6) is 0 Å². The number of rotatable bonds is 11. The molecule has 1 nitrogen and oxygen atoms in total. The number of benzene rings is 1. The molecular weight excluding hydrogens is 242 g/mol. The lowest BCUT2D eigenvalue weighted by Gasteiger charge is -2.34. The summed E-state index contributed by atoms with van der Waals surface area (Å²) in [6.07, 6.45) is 10.9. The van der Waals surface area contributed by atoms with E-state index in [0.29, 0.717) is 0 Å². The number of unbranched alkanes of at least 4 members (excludes halogenated alkanes) is 6. The lowest BCUT2D eigenvalue weighted by molar-refractivity contribution is 0.311. The highest BCUT2D eigenvalue weighted by Crippen LogP contribution is 2.23. The molecule has 0 saturated heterocycles. The summed E-state index contributed by atoms with van der Waals surface area (Å²) in [5.74, 6) is 0. The van der Waals surface area contributed by atoms with Crippen molar-refractivity contribution in [3.8, 4) is 0 Å². The zero-order chi connectivity index (χ0) is 14.7. The van der Waals surface area contributed by atoms with Crippen molar-refractivity contribution in [1.82, 2.24) is 4.48 Å². The molecule has 114 valence electrons. The number of nitrogens with zero attached hydrogens (tertiary/aromatic N) is 1. The highest BCUT2D eigenvalue weighted by atomic mass is 15.3. The van der Waals surface area contributed by atoms with E-state index in [1.54, 1.807) is 0 Å². The van der Waals surface area contributed by atoms with E-state index in [2.05, 4.69) is 51.2 Å². The van der Waals surface area contributed by atoms with Crippen molar-refractivity contribution >= 4 is 5.69 Å². The van der Waals surface area contributed by atoms with E-state index in [4.69, 9.17) is 0 Å². The highest BCUT2D eigenvalue weighted by molar-refractivity contribution is 5.41. The van der Waals surface area contributed by atoms with Gasteiger partial charge in [0.15, 0.2) is 0 Å². The molecule has 0 amide bonds. The van der Waals surface area contributed by atoms with Crippen molar-refractivity contribution in [3.63, 3.8) is 0 Å². The van der Waals surface area contributed by atoms with Crippen LogP contribution in [0.2, 0.25) is 0 Å². The van der Waals surface area contributed by atoms with E-state index >= 15 is 0 Å². The fourth-order valence-electron chi connectivity index (χ4n) is 2.93. The average molecular weight is 276 g/mol. The van der Waals surface area contributed by atoms with E-state index < -0.39 is 0 Å². The van der Waals surface area contributed by atoms with Gasteiger partial charge >= 0.3 is 0 Å². The van der Waals surface area contributed by atoms with Crippen molar-refractivity contribution in [1.29, 1.82) is 0 Å². The Hall–Kier alpha value is -0.820. The summed E-state index contributed by atoms with van der Waals surface area (Å²) in [6.45, 7) is 7.15. The largest absolute Gasteiger partial charge is 0.294 e. The van der Waals surface area contributed by atoms with Crippen LogP contribution in [0.25, 0.3) is 0 Å². The van der Waals surface area contributed by atoms with Crippen LogP contribution >= 0.6 is 0 Å². The first-order valence-electron chi connectivity index (χ1n) is 8.63. The maximum absolute atomic E-state index is 2.42. The van der Waals surface area contributed by atoms with Crippen LogP contribution in [0.3, 0.4) is 0 Å². The van der Waals surface area contributed by atoms with Crippen LogP contribution in [0.15, 0.2) is 30.3 Å². The second-order valence-corrected chi connectivity index (χ2v) is 6.30. The molecule has 1 aromatic carbocycles. The summed E-state index contributed by atoms with van der Waals surface area (Å²) in [5, 5.41) is 0. The molecule has 0 fully saturated rings. The second-order valence-electron chi connectivity index (χ2n) is 6.30. The standard InChI is InChI=1S/C19H34N/c1-4-6-8-13-17-20(3,18-14-9-7-5-2)19-15-11-10-12-16-19/h10-12,15-16H,4-9,13-14,17-18H2,1-3H3/q+1. The minimum Gasteiger partial charge on any atom is -0.294 e. The first-order valence-corrected chi connectivity index (χ1v) is 8.63. The van der Waals surface area contributed by atoms with Gasteiger partial charge in [0.25, 0.3) is 0 Å². The Labute approximate surface area is 126 Å². The van der Waals surface area contributed by atoms with E-state index in [1.807, 2.05) is 0 Å². The van der Waals surface area contributed by atoms with Gasteiger partial charge in [0, 0.05) is 0 Å². The summed E-state index contributed by atoms with van der Waals surface area (Å²) in [7, 11) is 2.42. The first-order chi connectivity index (χ1) is 9.73. The average Bonchev–Trinajstić information content (AvgIpc) is 2.49.